The number of hydrogen-bond donors (Lipinski definition) is 0. The van der Waals surface area contributed by atoms with Crippen LogP contribution in [-0.4, -0.2) is 240 Å². The Labute approximate surface area is 658 Å². The molecule has 0 N–H and O–H groups in total. The minimum atomic E-state index is -1.72. The zero-order valence-corrected chi connectivity index (χ0v) is 76.1. The number of benzene rings is 1. The summed E-state index contributed by atoms with van der Waals surface area (Å²) in [6, 6.07) is 18.0. The van der Waals surface area contributed by atoms with Crippen LogP contribution in [0.25, 0.3) is 0 Å². The molecule has 0 unspecified atom stereocenters. The predicted molar refractivity (Wildman–Crippen MR) is 461 cm³/mol. The van der Waals surface area contributed by atoms with Gasteiger partial charge in [0.1, 0.15) is 18.1 Å². The minimum absolute atomic E-state index is 0.218. The summed E-state index contributed by atoms with van der Waals surface area (Å²) in [7, 11) is -0.136. The molecular weight excluding hydrogens is 1360 g/mol. The summed E-state index contributed by atoms with van der Waals surface area (Å²) in [5, 5.41) is 0. The van der Waals surface area contributed by atoms with Gasteiger partial charge in [0.15, 0.2) is 0 Å². The van der Waals surface area contributed by atoms with Gasteiger partial charge in [0.25, 0.3) is 0 Å². The molecule has 15 nitrogen and oxygen atoms in total. The molecule has 0 saturated carbocycles. The van der Waals surface area contributed by atoms with E-state index < -0.39 is 20.3 Å². The smallest absolute Gasteiger partial charge is 0.129 e. The van der Waals surface area contributed by atoms with E-state index in [-0.39, 0.29) is 21.9 Å². The number of hydrogen-bond acceptors (Lipinski definition) is 15. The zero-order valence-electron chi connectivity index (χ0n) is 74.4. The van der Waals surface area contributed by atoms with Gasteiger partial charge >= 0.3 is 0 Å². The van der Waals surface area contributed by atoms with E-state index in [1.165, 1.54) is 103 Å². The highest BCUT2D eigenvalue weighted by Gasteiger charge is 2.28. The van der Waals surface area contributed by atoms with Crippen molar-refractivity contribution in [1.82, 2.24) is 34.3 Å². The van der Waals surface area contributed by atoms with Crippen LogP contribution in [0, 0.1) is 32.5 Å². The molecule has 6 fully saturated rings. The summed E-state index contributed by atoms with van der Waals surface area (Å²) in [5.74, 6) is 8.92. The fourth-order valence-corrected chi connectivity index (χ4v) is 14.2. The van der Waals surface area contributed by atoms with Crippen molar-refractivity contribution in [3.8, 4) is 0 Å². The Hall–Kier alpha value is -2.49. The molecule has 622 valence electrons. The summed E-state index contributed by atoms with van der Waals surface area (Å²) in [6.45, 7) is 86.5. The second kappa shape index (κ2) is 50.6. The van der Waals surface area contributed by atoms with E-state index in [0.29, 0.717) is 33.8 Å². The predicted octanol–water partition coefficient (Wildman–Crippen LogP) is 18.8. The molecule has 0 spiro atoms. The van der Waals surface area contributed by atoms with Crippen molar-refractivity contribution in [2.75, 3.05) is 174 Å². The summed E-state index contributed by atoms with van der Waals surface area (Å²) >= 11 is 0. The van der Waals surface area contributed by atoms with Gasteiger partial charge in [-0.3, -0.25) is 37.8 Å². The van der Waals surface area contributed by atoms with Crippen LogP contribution in [0.3, 0.4) is 0 Å². The lowest BCUT2D eigenvalue weighted by Crippen LogP contribution is -2.49. The minimum Gasteiger partial charge on any atom is -0.468 e. The van der Waals surface area contributed by atoms with Crippen LogP contribution in [0.15, 0.2) is 76.0 Å². The molecular formula is C89H171N7O8S2. The standard InChI is InChI=1S/C12H18O.C11H19NO.2C10H21NO.C10H21N.C10H16O2.C9H19NOS.C9H19N.C8H17NOS/c1-12(2,3)10-13-9-11-7-5-4-6-8-11;1-11(2,3)9-12(4)8-10-6-5-7-13-10;2*1-10(2,3)4-5-11-6-8-12-9-7-11;1-10(2,3)6-9-11-7-4-5-8-11;1-10(2,3)8-11-7-9-5-4-6-12-9;1-9(2,3)10-5-7-12(4,11)8-6-10;1-9(2,3)10-7-5-4-6-8-10;1-8(2,3)9-4-6-11(10)7-5-9/h4-8H,9-10H2,1-3H3;5-7H,8-9H2,1-4H3;2*4-9H2,1-3H3;4-9H2,1-3H3;4-6H,7-8H2,1-3H3;4-8H2,1-3H3;4-8H2,1-3H3;4-7H2,1-3H3. The van der Waals surface area contributed by atoms with Crippen LogP contribution in [0.1, 0.15) is 255 Å². The van der Waals surface area contributed by atoms with E-state index in [2.05, 4.69) is 246 Å². The normalized spacial score (nSPS) is 18.8. The Morgan fingerprint density at radius 2 is 0.783 bits per heavy atom. The van der Waals surface area contributed by atoms with Gasteiger partial charge in [0.2, 0.25) is 0 Å². The Kier molecular flexibility index (Phi) is 48.4. The molecule has 9 rings (SSSR count). The second-order valence-corrected chi connectivity index (χ2v) is 45.1. The lowest BCUT2D eigenvalue weighted by Gasteiger charge is -2.39. The maximum Gasteiger partial charge on any atom is 0.129 e. The number of furan rings is 2. The molecule has 17 heteroatoms. The molecule has 0 amide bonds. The van der Waals surface area contributed by atoms with Gasteiger partial charge in [-0.25, -0.2) is 0 Å². The average molecular weight is 1530 g/mol. The SMILES string of the molecule is C=S1(=O)CCN(C(C)(C)C)CC1.CC(C)(C)CCN1CCCC1.CC(C)(C)CCN1CCOCC1.CC(C)(C)CCN1CCOCC1.CC(C)(C)COCc1ccccc1.CC(C)(C)COCc1ccco1.CC(C)(C)N1CCCCC1.CC(C)(C)N1CCS(=O)CC1.CN(Cc1ccco1)CC(C)(C)C. The maximum atomic E-state index is 11.5. The average Bonchev–Trinajstić information content (AvgIpc) is 1.51. The van der Waals surface area contributed by atoms with Gasteiger partial charge in [-0.1, -0.05) is 161 Å². The van der Waals surface area contributed by atoms with Crippen LogP contribution in [0.5, 0.6) is 0 Å². The molecule has 2 aromatic heterocycles. The van der Waals surface area contributed by atoms with Crippen LogP contribution in [0.2, 0.25) is 0 Å². The van der Waals surface area contributed by atoms with Crippen LogP contribution < -0.4 is 0 Å². The Morgan fingerprint density at radius 1 is 0.425 bits per heavy atom. The third-order valence-electron chi connectivity index (χ3n) is 18.5. The van der Waals surface area contributed by atoms with Crippen molar-refractivity contribution in [3.05, 3.63) is 84.2 Å². The van der Waals surface area contributed by atoms with Crippen LogP contribution >= 0.6 is 0 Å². The van der Waals surface area contributed by atoms with Gasteiger partial charge < -0.3 is 32.7 Å². The lowest BCUT2D eigenvalue weighted by molar-refractivity contribution is 0.0333. The number of ether oxygens (including phenoxy) is 4. The zero-order chi connectivity index (χ0) is 80.5. The molecule has 1 aromatic carbocycles. The fourth-order valence-electron chi connectivity index (χ4n) is 11.9. The van der Waals surface area contributed by atoms with Crippen molar-refractivity contribution < 1.29 is 36.2 Å². The van der Waals surface area contributed by atoms with E-state index in [1.54, 1.807) is 12.5 Å². The van der Waals surface area contributed by atoms with Crippen molar-refractivity contribution >= 4 is 26.2 Å². The molecule has 0 bridgehead atoms. The Balaban J connectivity index is 0.000000597. The first-order valence-electron chi connectivity index (χ1n) is 41.0. The summed E-state index contributed by atoms with van der Waals surface area (Å²) < 4.78 is 54.6. The Bertz CT molecular complexity index is 2660. The molecule has 3 aromatic rings. The number of piperidine rings is 1. The van der Waals surface area contributed by atoms with Crippen LogP contribution in [-0.2, 0) is 59.0 Å². The maximum absolute atomic E-state index is 11.5. The first kappa shape index (κ1) is 102. The molecule has 106 heavy (non-hydrogen) atoms. The summed E-state index contributed by atoms with van der Waals surface area (Å²) in [5.41, 5.74) is 4.41. The topological polar surface area (TPSA) is 120 Å². The van der Waals surface area contributed by atoms with Crippen molar-refractivity contribution in [2.24, 2.45) is 32.5 Å². The van der Waals surface area contributed by atoms with E-state index in [4.69, 9.17) is 27.8 Å². The van der Waals surface area contributed by atoms with Crippen molar-refractivity contribution in [1.29, 1.82) is 0 Å². The molecule has 8 heterocycles. The van der Waals surface area contributed by atoms with Crippen molar-refractivity contribution in [2.45, 2.75) is 275 Å². The van der Waals surface area contributed by atoms with E-state index in [9.17, 15) is 8.42 Å². The fraction of sp³-hybridized carbons (Fsp3) is 0.831. The van der Waals surface area contributed by atoms with Gasteiger partial charge in [0.05, 0.1) is 65.3 Å². The van der Waals surface area contributed by atoms with Gasteiger partial charge in [-0.05, 0) is 238 Å². The highest BCUT2D eigenvalue weighted by atomic mass is 32.2. The Morgan fingerprint density at radius 3 is 1.13 bits per heavy atom. The molecule has 0 radical (unpaired) electrons. The first-order chi connectivity index (χ1) is 48.8. The second-order valence-electron chi connectivity index (χ2n) is 40.6. The number of morpholine rings is 2. The van der Waals surface area contributed by atoms with Gasteiger partial charge in [0, 0.05) is 109 Å². The van der Waals surface area contributed by atoms with E-state index in [1.807, 2.05) is 42.5 Å². The van der Waals surface area contributed by atoms with E-state index >= 15 is 0 Å². The molecule has 0 atom stereocenters. The molecule has 6 aliphatic rings. The highest BCUT2D eigenvalue weighted by Crippen LogP contribution is 2.25. The van der Waals surface area contributed by atoms with Gasteiger partial charge in [-0.2, -0.15) is 0 Å². The number of nitrogens with zero attached hydrogens (tertiary/aromatic N) is 7. The monoisotopic (exact) mass is 1530 g/mol. The third kappa shape index (κ3) is 59.3. The molecule has 6 aliphatic heterocycles. The lowest BCUT2D eigenvalue weighted by atomic mass is 9.92. The van der Waals surface area contributed by atoms with Crippen molar-refractivity contribution in [3.63, 3.8) is 0 Å². The highest BCUT2D eigenvalue weighted by molar-refractivity contribution is 8.00. The van der Waals surface area contributed by atoms with Crippen LogP contribution in [0.4, 0.5) is 0 Å². The number of likely N-dealkylation sites (tertiary alicyclic amines) is 2. The summed E-state index contributed by atoms with van der Waals surface area (Å²) in [4.78, 5) is 17.2. The van der Waals surface area contributed by atoms with Gasteiger partial charge in [-0.15, -0.1) is 0 Å². The summed E-state index contributed by atoms with van der Waals surface area (Å²) in [6.07, 6.45) is 14.4. The third-order valence-corrected chi connectivity index (χ3v) is 21.7. The molecule has 6 saturated heterocycles. The molecule has 0 aliphatic carbocycles. The van der Waals surface area contributed by atoms with E-state index in [0.717, 1.165) is 146 Å². The largest absolute Gasteiger partial charge is 0.468 e. The quantitative estimate of drug-likeness (QED) is 0.134. The number of rotatable bonds is 15. The first-order valence-corrected chi connectivity index (χ1v) is 44.5.